The van der Waals surface area contributed by atoms with Crippen LogP contribution in [-0.4, -0.2) is 0 Å². The molecule has 0 radical (unpaired) electrons. The molecule has 0 spiro atoms. The molecule has 38 valence electrons. The first-order chi connectivity index (χ1) is 3.30. The summed E-state index contributed by atoms with van der Waals surface area (Å²) >= 11 is 7.15. The maximum absolute atomic E-state index is 5.60. The van der Waals surface area contributed by atoms with E-state index < -0.39 is 0 Å². The lowest BCUT2D eigenvalue weighted by atomic mass is 10.6. The highest BCUT2D eigenvalue weighted by molar-refractivity contribution is 7.02. The van der Waals surface area contributed by atoms with Crippen LogP contribution in [0.2, 0.25) is 5.02 Å². The molecule has 1 rings (SSSR count). The Morgan fingerprint density at radius 2 is 2.57 bits per heavy atom. The lowest BCUT2D eigenvalue weighted by molar-refractivity contribution is -0.289. The van der Waals surface area contributed by atoms with E-state index in [1.807, 2.05) is 6.92 Å². The fourth-order valence-corrected chi connectivity index (χ4v) is 1.06. The van der Waals surface area contributed by atoms with Gasteiger partial charge in [-0.1, -0.05) is 11.6 Å². The van der Waals surface area contributed by atoms with Crippen LogP contribution >= 0.6 is 23.1 Å². The summed E-state index contributed by atoms with van der Waals surface area (Å²) in [5, 5.41) is 0.824. The molecule has 1 aromatic heterocycles. The predicted molar refractivity (Wildman–Crippen MR) is 30.6 cm³/mol. The van der Waals surface area contributed by atoms with Crippen LogP contribution in [0.25, 0.3) is 0 Å². The number of aromatic nitrogens is 1. The van der Waals surface area contributed by atoms with E-state index in [1.165, 1.54) is 0 Å². The molecule has 0 unspecified atom stereocenters. The molecule has 1 aromatic rings. The first-order valence-electron chi connectivity index (χ1n) is 1.92. The fourth-order valence-electron chi connectivity index (χ4n) is 0.320. The molecule has 0 saturated heterocycles. The monoisotopic (exact) mass is 134 g/mol. The lowest BCUT2D eigenvalue weighted by Gasteiger charge is -1.68. The second-order valence-corrected chi connectivity index (χ2v) is 2.73. The maximum Gasteiger partial charge on any atom is 0.200 e. The van der Waals surface area contributed by atoms with Crippen LogP contribution in [0.1, 0.15) is 4.88 Å². The van der Waals surface area contributed by atoms with Crippen LogP contribution in [0.4, 0.5) is 0 Å². The van der Waals surface area contributed by atoms with Crippen molar-refractivity contribution < 1.29 is 4.37 Å². The summed E-state index contributed by atoms with van der Waals surface area (Å²) in [6.07, 6.45) is 1.78. The first kappa shape index (κ1) is 5.06. The number of hydrogen-bond acceptors (Lipinski definition) is 1. The molecule has 0 aromatic carbocycles. The van der Waals surface area contributed by atoms with Gasteiger partial charge < -0.3 is 0 Å². The molecule has 0 fully saturated rings. The Bertz CT molecular complexity index is 144. The third-order valence-corrected chi connectivity index (χ3v) is 2.00. The van der Waals surface area contributed by atoms with Crippen molar-refractivity contribution in [1.82, 2.24) is 0 Å². The average Bonchev–Trinajstić information content (AvgIpc) is 1.91. The van der Waals surface area contributed by atoms with Crippen molar-refractivity contribution in [3.8, 4) is 0 Å². The highest BCUT2D eigenvalue weighted by Gasteiger charge is 1.98. The van der Waals surface area contributed by atoms with Gasteiger partial charge >= 0.3 is 0 Å². The SMILES string of the molecule is Cc1s[nH+]cc1Cl. The largest absolute Gasteiger partial charge is 0.200 e. The molecule has 0 atom stereocenters. The number of hydrogen-bond donors (Lipinski definition) is 0. The van der Waals surface area contributed by atoms with E-state index in [2.05, 4.69) is 4.37 Å². The molecule has 1 N–H and O–H groups in total. The van der Waals surface area contributed by atoms with Crippen molar-refractivity contribution in [3.05, 3.63) is 16.1 Å². The molecule has 0 aliphatic carbocycles. The van der Waals surface area contributed by atoms with Gasteiger partial charge in [-0.05, 0) is 6.92 Å². The Kier molecular flexibility index (Phi) is 1.30. The van der Waals surface area contributed by atoms with Gasteiger partial charge in [0.1, 0.15) is 16.6 Å². The summed E-state index contributed by atoms with van der Waals surface area (Å²) in [4.78, 5) is 1.14. The Morgan fingerprint density at radius 3 is 2.71 bits per heavy atom. The zero-order valence-electron chi connectivity index (χ0n) is 3.86. The van der Waals surface area contributed by atoms with Crippen molar-refractivity contribution in [2.45, 2.75) is 6.92 Å². The van der Waals surface area contributed by atoms with Gasteiger partial charge in [0.05, 0.1) is 4.88 Å². The smallest absolute Gasteiger partial charge is 0.153 e. The van der Waals surface area contributed by atoms with Gasteiger partial charge in [-0.3, -0.25) is 0 Å². The van der Waals surface area contributed by atoms with Gasteiger partial charge in [0.15, 0.2) is 0 Å². The zero-order chi connectivity index (χ0) is 5.28. The maximum atomic E-state index is 5.60. The van der Waals surface area contributed by atoms with Gasteiger partial charge in [0.2, 0.25) is 6.20 Å². The predicted octanol–water partition coefficient (Wildman–Crippen LogP) is 1.52. The van der Waals surface area contributed by atoms with Crippen LogP contribution < -0.4 is 4.37 Å². The van der Waals surface area contributed by atoms with Gasteiger partial charge in [-0.15, -0.1) is 0 Å². The first-order valence-corrected chi connectivity index (χ1v) is 3.12. The van der Waals surface area contributed by atoms with Gasteiger partial charge in [-0.2, -0.15) is 4.37 Å². The molecule has 0 aliphatic rings. The molecule has 1 nitrogen and oxygen atoms in total. The van der Waals surface area contributed by atoms with E-state index in [0.717, 1.165) is 9.90 Å². The highest BCUT2D eigenvalue weighted by Crippen LogP contribution is 2.13. The van der Waals surface area contributed by atoms with Crippen LogP contribution in [0.5, 0.6) is 0 Å². The molecule has 7 heavy (non-hydrogen) atoms. The van der Waals surface area contributed by atoms with Crippen LogP contribution in [0.3, 0.4) is 0 Å². The zero-order valence-corrected chi connectivity index (χ0v) is 5.44. The fraction of sp³-hybridized carbons (Fsp3) is 0.250. The Balaban J connectivity index is 3.12. The molecule has 0 amide bonds. The highest BCUT2D eigenvalue weighted by atomic mass is 35.5. The molecule has 3 heteroatoms. The summed E-state index contributed by atoms with van der Waals surface area (Å²) in [5.74, 6) is 0. The van der Waals surface area contributed by atoms with Crippen molar-refractivity contribution in [3.63, 3.8) is 0 Å². The Hall–Kier alpha value is -0.0800. The normalized spacial score (nSPS) is 9.43. The minimum atomic E-state index is 0.824. The number of nitrogens with one attached hydrogen (secondary N) is 1. The number of rotatable bonds is 0. The van der Waals surface area contributed by atoms with Gasteiger partial charge in [0, 0.05) is 0 Å². The molecule has 0 saturated carbocycles. The number of H-pyrrole nitrogens is 1. The second kappa shape index (κ2) is 1.80. The Labute approximate surface area is 51.1 Å². The minimum Gasteiger partial charge on any atom is -0.153 e. The summed E-state index contributed by atoms with van der Waals surface area (Å²) in [5.41, 5.74) is 0. The molecule has 0 aliphatic heterocycles. The standard InChI is InChI=1S/C4H4ClNS/c1-3-4(5)2-6-7-3/h2H,1H3/p+1. The van der Waals surface area contributed by atoms with Crippen molar-refractivity contribution in [2.75, 3.05) is 0 Å². The van der Waals surface area contributed by atoms with Crippen molar-refractivity contribution in [2.24, 2.45) is 0 Å². The number of aryl methyl sites for hydroxylation is 1. The van der Waals surface area contributed by atoms with E-state index in [0.29, 0.717) is 0 Å². The van der Waals surface area contributed by atoms with E-state index in [1.54, 1.807) is 17.7 Å². The third kappa shape index (κ3) is 0.924. The van der Waals surface area contributed by atoms with Gasteiger partial charge in [0.25, 0.3) is 0 Å². The number of halogens is 1. The summed E-state index contributed by atoms with van der Waals surface area (Å²) < 4.78 is 2.91. The summed E-state index contributed by atoms with van der Waals surface area (Å²) in [6.45, 7) is 1.98. The second-order valence-electron chi connectivity index (χ2n) is 1.27. The number of aromatic amines is 1. The van der Waals surface area contributed by atoms with Crippen LogP contribution in [-0.2, 0) is 0 Å². The van der Waals surface area contributed by atoms with E-state index >= 15 is 0 Å². The topological polar surface area (TPSA) is 14.1 Å². The average molecular weight is 135 g/mol. The summed E-state index contributed by atoms with van der Waals surface area (Å²) in [6, 6.07) is 0. The van der Waals surface area contributed by atoms with Crippen LogP contribution in [0.15, 0.2) is 6.20 Å². The third-order valence-electron chi connectivity index (χ3n) is 0.734. The minimum absolute atomic E-state index is 0.824. The molecular formula is C4H5ClNS+. The van der Waals surface area contributed by atoms with E-state index in [4.69, 9.17) is 11.6 Å². The Morgan fingerprint density at radius 1 is 1.86 bits per heavy atom. The van der Waals surface area contributed by atoms with Crippen LogP contribution in [0, 0.1) is 6.92 Å². The summed E-state index contributed by atoms with van der Waals surface area (Å²) in [7, 11) is 0. The molecule has 0 bridgehead atoms. The van der Waals surface area contributed by atoms with Crippen molar-refractivity contribution in [1.29, 1.82) is 0 Å². The molecular weight excluding hydrogens is 130 g/mol. The molecule has 1 heterocycles. The van der Waals surface area contributed by atoms with E-state index in [-0.39, 0.29) is 0 Å². The lowest BCUT2D eigenvalue weighted by Crippen LogP contribution is -1.82. The van der Waals surface area contributed by atoms with E-state index in [9.17, 15) is 0 Å². The quantitative estimate of drug-likeness (QED) is 0.511. The van der Waals surface area contributed by atoms with Crippen molar-refractivity contribution >= 4 is 23.1 Å². The van der Waals surface area contributed by atoms with Gasteiger partial charge in [-0.25, -0.2) is 0 Å².